The van der Waals surface area contributed by atoms with E-state index in [2.05, 4.69) is 51.8 Å². The lowest BCUT2D eigenvalue weighted by atomic mass is 9.91. The summed E-state index contributed by atoms with van der Waals surface area (Å²) < 4.78 is 0. The van der Waals surface area contributed by atoms with Crippen molar-refractivity contribution < 1.29 is 0 Å². The van der Waals surface area contributed by atoms with Crippen molar-refractivity contribution in [3.8, 4) is 0 Å². The van der Waals surface area contributed by atoms with Crippen molar-refractivity contribution in [1.29, 1.82) is 0 Å². The molecular formula is C16H34N2. The maximum atomic E-state index is 3.58. The predicted octanol–water partition coefficient (Wildman–Crippen LogP) is 3.66. The molecule has 2 nitrogen and oxygen atoms in total. The molecule has 3 atom stereocenters. The van der Waals surface area contributed by atoms with Crippen LogP contribution in [-0.4, -0.2) is 35.6 Å². The normalized spacial score (nSPS) is 28.3. The topological polar surface area (TPSA) is 15.3 Å². The summed E-state index contributed by atoms with van der Waals surface area (Å²) in [5, 5.41) is 3.58. The Morgan fingerprint density at radius 1 is 1.28 bits per heavy atom. The second kappa shape index (κ2) is 6.91. The number of rotatable bonds is 5. The summed E-state index contributed by atoms with van der Waals surface area (Å²) in [4.78, 5) is 2.72. The van der Waals surface area contributed by atoms with E-state index in [9.17, 15) is 0 Å². The highest BCUT2D eigenvalue weighted by atomic mass is 15.2. The van der Waals surface area contributed by atoms with Crippen LogP contribution in [0.5, 0.6) is 0 Å². The molecule has 0 aromatic carbocycles. The Kier molecular flexibility index (Phi) is 6.13. The van der Waals surface area contributed by atoms with Crippen LogP contribution in [0.3, 0.4) is 0 Å². The molecule has 2 heteroatoms. The molecule has 0 spiro atoms. The van der Waals surface area contributed by atoms with Crippen LogP contribution >= 0.6 is 0 Å². The minimum atomic E-state index is 0.261. The van der Waals surface area contributed by atoms with Gasteiger partial charge in [0.1, 0.15) is 0 Å². The first kappa shape index (κ1) is 16.0. The van der Waals surface area contributed by atoms with E-state index in [1.54, 1.807) is 0 Å². The lowest BCUT2D eigenvalue weighted by Gasteiger charge is -2.40. The van der Waals surface area contributed by atoms with E-state index in [-0.39, 0.29) is 5.54 Å². The molecule has 0 radical (unpaired) electrons. The molecule has 1 N–H and O–H groups in total. The first-order chi connectivity index (χ1) is 8.29. The van der Waals surface area contributed by atoms with Gasteiger partial charge in [0.25, 0.3) is 0 Å². The molecule has 0 bridgehead atoms. The van der Waals surface area contributed by atoms with Crippen LogP contribution in [0.4, 0.5) is 0 Å². The van der Waals surface area contributed by atoms with Crippen LogP contribution in [0.15, 0.2) is 0 Å². The van der Waals surface area contributed by atoms with Gasteiger partial charge < -0.3 is 5.32 Å². The molecule has 1 rings (SSSR count). The summed E-state index contributed by atoms with van der Waals surface area (Å²) in [5.74, 6) is 0.922. The Labute approximate surface area is 115 Å². The smallest absolute Gasteiger partial charge is 0.00965 e. The van der Waals surface area contributed by atoms with Gasteiger partial charge in [-0.15, -0.1) is 0 Å². The Morgan fingerprint density at radius 3 is 2.50 bits per heavy atom. The van der Waals surface area contributed by atoms with Gasteiger partial charge in [-0.25, -0.2) is 0 Å². The van der Waals surface area contributed by atoms with Gasteiger partial charge in [0.2, 0.25) is 0 Å². The number of nitrogens with one attached hydrogen (secondary N) is 1. The van der Waals surface area contributed by atoms with Gasteiger partial charge >= 0.3 is 0 Å². The zero-order chi connectivity index (χ0) is 13.8. The first-order valence-corrected chi connectivity index (χ1v) is 7.80. The SMILES string of the molecule is CC1CCN(C(C)CCCNC(C)(C)C)C(C)C1. The predicted molar refractivity (Wildman–Crippen MR) is 81.0 cm³/mol. The third-order valence-corrected chi connectivity index (χ3v) is 4.21. The zero-order valence-electron chi connectivity index (χ0n) is 13.4. The van der Waals surface area contributed by atoms with E-state index in [4.69, 9.17) is 0 Å². The number of hydrogen-bond donors (Lipinski definition) is 1. The average molecular weight is 254 g/mol. The Morgan fingerprint density at radius 2 is 1.94 bits per heavy atom. The molecule has 1 saturated heterocycles. The molecule has 0 amide bonds. The summed E-state index contributed by atoms with van der Waals surface area (Å²) in [6.45, 7) is 16.4. The summed E-state index contributed by atoms with van der Waals surface area (Å²) in [6, 6.07) is 1.52. The van der Waals surface area contributed by atoms with Gasteiger partial charge in [-0.3, -0.25) is 4.90 Å². The van der Waals surface area contributed by atoms with E-state index in [0.29, 0.717) is 0 Å². The van der Waals surface area contributed by atoms with Crippen molar-refractivity contribution in [3.63, 3.8) is 0 Å². The molecule has 0 saturated carbocycles. The molecule has 18 heavy (non-hydrogen) atoms. The highest BCUT2D eigenvalue weighted by Gasteiger charge is 2.26. The standard InChI is InChI=1S/C16H34N2/c1-13-9-11-18(15(3)12-13)14(2)8-7-10-17-16(4,5)6/h13-15,17H,7-12H2,1-6H3. The van der Waals surface area contributed by atoms with Crippen LogP contribution in [0.2, 0.25) is 0 Å². The Hall–Kier alpha value is -0.0800. The molecule has 1 aliphatic rings. The van der Waals surface area contributed by atoms with Crippen molar-refractivity contribution in [2.24, 2.45) is 5.92 Å². The Bertz CT molecular complexity index is 232. The second-order valence-corrected chi connectivity index (χ2v) is 7.38. The quantitative estimate of drug-likeness (QED) is 0.753. The number of piperidine rings is 1. The van der Waals surface area contributed by atoms with E-state index < -0.39 is 0 Å². The maximum absolute atomic E-state index is 3.58. The van der Waals surface area contributed by atoms with Crippen LogP contribution in [0.1, 0.15) is 67.2 Å². The van der Waals surface area contributed by atoms with Gasteiger partial charge in [-0.2, -0.15) is 0 Å². The van der Waals surface area contributed by atoms with Gasteiger partial charge in [-0.05, 0) is 79.3 Å². The van der Waals surface area contributed by atoms with Crippen molar-refractivity contribution >= 4 is 0 Å². The summed E-state index contributed by atoms with van der Waals surface area (Å²) in [5.41, 5.74) is 0.261. The highest BCUT2D eigenvalue weighted by molar-refractivity contribution is 4.81. The minimum absolute atomic E-state index is 0.261. The molecule has 1 heterocycles. The van der Waals surface area contributed by atoms with E-state index in [1.807, 2.05) is 0 Å². The van der Waals surface area contributed by atoms with Gasteiger partial charge in [0.05, 0.1) is 0 Å². The van der Waals surface area contributed by atoms with Gasteiger partial charge in [0.15, 0.2) is 0 Å². The lowest BCUT2D eigenvalue weighted by molar-refractivity contribution is 0.0842. The zero-order valence-corrected chi connectivity index (χ0v) is 13.4. The molecule has 0 aromatic heterocycles. The fraction of sp³-hybridized carbons (Fsp3) is 1.00. The second-order valence-electron chi connectivity index (χ2n) is 7.38. The van der Waals surface area contributed by atoms with Crippen LogP contribution in [0.25, 0.3) is 0 Å². The van der Waals surface area contributed by atoms with Crippen molar-refractivity contribution in [1.82, 2.24) is 10.2 Å². The molecule has 1 aliphatic heterocycles. The minimum Gasteiger partial charge on any atom is -0.312 e. The summed E-state index contributed by atoms with van der Waals surface area (Å²) >= 11 is 0. The number of nitrogens with zero attached hydrogens (tertiary/aromatic N) is 1. The van der Waals surface area contributed by atoms with E-state index in [1.165, 1.54) is 32.2 Å². The fourth-order valence-corrected chi connectivity index (χ4v) is 3.11. The summed E-state index contributed by atoms with van der Waals surface area (Å²) in [7, 11) is 0. The third kappa shape index (κ3) is 5.71. The van der Waals surface area contributed by atoms with E-state index >= 15 is 0 Å². The number of hydrogen-bond acceptors (Lipinski definition) is 2. The monoisotopic (exact) mass is 254 g/mol. The molecule has 1 fully saturated rings. The maximum Gasteiger partial charge on any atom is 0.00965 e. The molecule has 0 aromatic rings. The third-order valence-electron chi connectivity index (χ3n) is 4.21. The number of likely N-dealkylation sites (tertiary alicyclic amines) is 1. The van der Waals surface area contributed by atoms with Crippen LogP contribution < -0.4 is 5.32 Å². The highest BCUT2D eigenvalue weighted by Crippen LogP contribution is 2.25. The van der Waals surface area contributed by atoms with E-state index in [0.717, 1.165) is 24.5 Å². The molecule has 3 unspecified atom stereocenters. The molecule has 0 aliphatic carbocycles. The summed E-state index contributed by atoms with van der Waals surface area (Å²) in [6.07, 6.45) is 5.37. The first-order valence-electron chi connectivity index (χ1n) is 7.80. The van der Waals surface area contributed by atoms with Crippen LogP contribution in [-0.2, 0) is 0 Å². The molecular weight excluding hydrogens is 220 g/mol. The Balaban J connectivity index is 2.22. The average Bonchev–Trinajstić information content (AvgIpc) is 2.22. The molecule has 108 valence electrons. The van der Waals surface area contributed by atoms with Gasteiger partial charge in [0, 0.05) is 17.6 Å². The lowest BCUT2D eigenvalue weighted by Crippen LogP contribution is -2.45. The van der Waals surface area contributed by atoms with Crippen molar-refractivity contribution in [2.45, 2.75) is 84.8 Å². The largest absolute Gasteiger partial charge is 0.312 e. The van der Waals surface area contributed by atoms with Crippen molar-refractivity contribution in [2.75, 3.05) is 13.1 Å². The van der Waals surface area contributed by atoms with Crippen molar-refractivity contribution in [3.05, 3.63) is 0 Å². The van der Waals surface area contributed by atoms with Crippen LogP contribution in [0, 0.1) is 5.92 Å². The van der Waals surface area contributed by atoms with Gasteiger partial charge in [-0.1, -0.05) is 6.92 Å². The fourth-order valence-electron chi connectivity index (χ4n) is 3.11.